The van der Waals surface area contributed by atoms with Gasteiger partial charge < -0.3 is 10.2 Å². The molecule has 1 aliphatic rings. The van der Waals surface area contributed by atoms with Gasteiger partial charge in [-0.25, -0.2) is 12.7 Å². The van der Waals surface area contributed by atoms with E-state index in [9.17, 15) is 22.8 Å². The Morgan fingerprint density at radius 3 is 2.29 bits per heavy atom. The Hall–Kier alpha value is -3.20. The van der Waals surface area contributed by atoms with Crippen molar-refractivity contribution in [3.63, 3.8) is 0 Å². The highest BCUT2D eigenvalue weighted by molar-refractivity contribution is 7.90. The minimum Gasteiger partial charge on any atom is -0.354 e. The number of nitrogens with one attached hydrogen (secondary N) is 1. The van der Waals surface area contributed by atoms with Crippen molar-refractivity contribution in [3.05, 3.63) is 65.7 Å². The van der Waals surface area contributed by atoms with Gasteiger partial charge in [0.2, 0.25) is 11.8 Å². The van der Waals surface area contributed by atoms with Gasteiger partial charge in [-0.1, -0.05) is 63.2 Å². The van der Waals surface area contributed by atoms with Gasteiger partial charge in [-0.05, 0) is 36.5 Å². The molecule has 9 heteroatoms. The molecule has 1 atom stereocenters. The van der Waals surface area contributed by atoms with Gasteiger partial charge in [0.25, 0.3) is 15.9 Å². The normalized spacial score (nSPS) is 15.2. The van der Waals surface area contributed by atoms with Crippen LogP contribution in [0.1, 0.15) is 43.1 Å². The lowest BCUT2D eigenvalue weighted by atomic mass is 10.1. The van der Waals surface area contributed by atoms with E-state index >= 15 is 0 Å². The molecular weight excluding hydrogens is 454 g/mol. The Balaban J connectivity index is 1.85. The van der Waals surface area contributed by atoms with Crippen molar-refractivity contribution in [2.75, 3.05) is 19.6 Å². The second-order valence-corrected chi connectivity index (χ2v) is 10.5. The van der Waals surface area contributed by atoms with Crippen molar-refractivity contribution in [3.8, 4) is 0 Å². The first kappa shape index (κ1) is 25.4. The van der Waals surface area contributed by atoms with Gasteiger partial charge in [-0.2, -0.15) is 0 Å². The van der Waals surface area contributed by atoms with Gasteiger partial charge in [0.15, 0.2) is 0 Å². The number of rotatable bonds is 10. The molecule has 3 rings (SSSR count). The first-order valence-electron chi connectivity index (χ1n) is 11.4. The fraction of sp³-hybridized carbons (Fsp3) is 0.400. The van der Waals surface area contributed by atoms with E-state index in [1.165, 1.54) is 23.1 Å². The molecule has 8 nitrogen and oxygen atoms in total. The van der Waals surface area contributed by atoms with Gasteiger partial charge in [-0.3, -0.25) is 14.4 Å². The summed E-state index contributed by atoms with van der Waals surface area (Å²) in [7, 11) is -4.13. The van der Waals surface area contributed by atoms with Crippen LogP contribution in [0.3, 0.4) is 0 Å². The molecule has 0 aliphatic carbocycles. The zero-order valence-electron chi connectivity index (χ0n) is 19.7. The molecule has 0 saturated carbocycles. The highest BCUT2D eigenvalue weighted by Gasteiger charge is 2.43. The van der Waals surface area contributed by atoms with Crippen LogP contribution in [-0.4, -0.2) is 61.0 Å². The number of nitrogens with zero attached hydrogens (tertiary/aromatic N) is 2. The summed E-state index contributed by atoms with van der Waals surface area (Å²) in [5.74, 6) is -1.38. The fourth-order valence-electron chi connectivity index (χ4n) is 3.92. The Morgan fingerprint density at radius 2 is 1.68 bits per heavy atom. The number of amides is 3. The topological polar surface area (TPSA) is 104 Å². The highest BCUT2D eigenvalue weighted by atomic mass is 32.2. The summed E-state index contributed by atoms with van der Waals surface area (Å²) in [6.45, 7) is 5.77. The van der Waals surface area contributed by atoms with Crippen LogP contribution < -0.4 is 5.32 Å². The third kappa shape index (κ3) is 5.47. The van der Waals surface area contributed by atoms with E-state index in [2.05, 4.69) is 5.32 Å². The quantitative estimate of drug-likeness (QED) is 0.557. The molecule has 3 amide bonds. The van der Waals surface area contributed by atoms with Crippen molar-refractivity contribution >= 4 is 27.7 Å². The molecule has 0 unspecified atom stereocenters. The van der Waals surface area contributed by atoms with Crippen LogP contribution in [-0.2, 0) is 26.0 Å². The fourth-order valence-corrected chi connectivity index (χ4v) is 5.44. The van der Waals surface area contributed by atoms with Crippen LogP contribution in [0.2, 0.25) is 0 Å². The van der Waals surface area contributed by atoms with Crippen molar-refractivity contribution in [1.29, 1.82) is 0 Å². The number of hydrogen-bond acceptors (Lipinski definition) is 5. The molecule has 0 aromatic heterocycles. The first-order valence-corrected chi connectivity index (χ1v) is 12.9. The number of sulfonamides is 1. The molecule has 0 fully saturated rings. The first-order chi connectivity index (χ1) is 16.2. The minimum absolute atomic E-state index is 0.0489. The molecule has 1 aliphatic heterocycles. The molecule has 2 aromatic rings. The maximum Gasteiger partial charge on any atom is 0.269 e. The number of carbonyl (C=O) groups is 3. The summed E-state index contributed by atoms with van der Waals surface area (Å²) in [6, 6.07) is 14.6. The largest absolute Gasteiger partial charge is 0.354 e. The van der Waals surface area contributed by atoms with Crippen LogP contribution in [0.5, 0.6) is 0 Å². The van der Waals surface area contributed by atoms with Crippen LogP contribution in [0.4, 0.5) is 0 Å². The van der Waals surface area contributed by atoms with E-state index in [4.69, 9.17) is 0 Å². The number of hydrogen-bond donors (Lipinski definition) is 1. The highest BCUT2D eigenvalue weighted by Crippen LogP contribution is 2.30. The SMILES string of the molecule is CC[C@H](C(=O)NCC(C)C)N(CCc1ccccc1)C(=O)CN1C(=O)c2ccccc2S1(=O)=O. The van der Waals surface area contributed by atoms with Gasteiger partial charge in [0, 0.05) is 13.1 Å². The van der Waals surface area contributed by atoms with Crippen LogP contribution in [0.25, 0.3) is 0 Å². The summed E-state index contributed by atoms with van der Waals surface area (Å²) in [5, 5.41) is 2.87. The predicted molar refractivity (Wildman–Crippen MR) is 128 cm³/mol. The summed E-state index contributed by atoms with van der Waals surface area (Å²) in [4.78, 5) is 40.5. The van der Waals surface area contributed by atoms with E-state index in [-0.39, 0.29) is 28.8 Å². The zero-order chi connectivity index (χ0) is 24.9. The second-order valence-electron chi connectivity index (χ2n) is 8.70. The molecule has 0 spiro atoms. The van der Waals surface area contributed by atoms with Gasteiger partial charge in [0.1, 0.15) is 17.5 Å². The number of fused-ring (bicyclic) bond motifs is 1. The third-order valence-electron chi connectivity index (χ3n) is 5.75. The van der Waals surface area contributed by atoms with Crippen molar-refractivity contribution in [2.45, 2.75) is 44.6 Å². The summed E-state index contributed by atoms with van der Waals surface area (Å²) < 4.78 is 26.5. The Kier molecular flexibility index (Phi) is 8.09. The van der Waals surface area contributed by atoms with E-state index < -0.39 is 34.4 Å². The van der Waals surface area contributed by atoms with E-state index in [1.54, 1.807) is 13.0 Å². The van der Waals surface area contributed by atoms with E-state index in [1.807, 2.05) is 44.2 Å². The Bertz CT molecular complexity index is 1150. The molecule has 0 radical (unpaired) electrons. The predicted octanol–water partition coefficient (Wildman–Crippen LogP) is 2.45. The van der Waals surface area contributed by atoms with Crippen molar-refractivity contribution in [2.24, 2.45) is 5.92 Å². The standard InChI is InChI=1S/C25H31N3O5S/c1-4-21(24(30)26-16-18(2)3)27(15-14-19-10-6-5-7-11-19)23(29)17-28-25(31)20-12-8-9-13-22(20)34(28,32)33/h5-13,18,21H,4,14-17H2,1-3H3,(H,26,30)/t21-/m1/s1. The van der Waals surface area contributed by atoms with Crippen molar-refractivity contribution < 1.29 is 22.8 Å². The third-order valence-corrected chi connectivity index (χ3v) is 7.53. The van der Waals surface area contributed by atoms with Gasteiger partial charge in [0.05, 0.1) is 5.56 Å². The zero-order valence-corrected chi connectivity index (χ0v) is 20.5. The average molecular weight is 486 g/mol. The summed E-state index contributed by atoms with van der Waals surface area (Å²) in [5.41, 5.74) is 1.03. The number of carbonyl (C=O) groups excluding carboxylic acids is 3. The van der Waals surface area contributed by atoms with Crippen LogP contribution in [0, 0.1) is 5.92 Å². The molecule has 1 heterocycles. The molecule has 1 N–H and O–H groups in total. The summed E-state index contributed by atoms with van der Waals surface area (Å²) >= 11 is 0. The van der Waals surface area contributed by atoms with E-state index in [0.717, 1.165) is 5.56 Å². The Labute approximate surface area is 201 Å². The second kappa shape index (κ2) is 10.8. The minimum atomic E-state index is -4.13. The maximum atomic E-state index is 13.4. The smallest absolute Gasteiger partial charge is 0.269 e. The number of benzene rings is 2. The molecule has 34 heavy (non-hydrogen) atoms. The lowest BCUT2D eigenvalue weighted by Crippen LogP contribution is -2.53. The monoisotopic (exact) mass is 485 g/mol. The van der Waals surface area contributed by atoms with Crippen LogP contribution in [0.15, 0.2) is 59.5 Å². The molecule has 2 aromatic carbocycles. The maximum absolute atomic E-state index is 13.4. The Morgan fingerprint density at radius 1 is 1.03 bits per heavy atom. The van der Waals surface area contributed by atoms with Crippen molar-refractivity contribution in [1.82, 2.24) is 14.5 Å². The van der Waals surface area contributed by atoms with Crippen LogP contribution >= 0.6 is 0 Å². The van der Waals surface area contributed by atoms with Gasteiger partial charge in [-0.15, -0.1) is 0 Å². The average Bonchev–Trinajstić information content (AvgIpc) is 3.01. The lowest BCUT2D eigenvalue weighted by molar-refractivity contribution is -0.140. The molecule has 182 valence electrons. The molecule has 0 saturated heterocycles. The van der Waals surface area contributed by atoms with E-state index in [0.29, 0.717) is 23.7 Å². The summed E-state index contributed by atoms with van der Waals surface area (Å²) in [6.07, 6.45) is 0.840. The van der Waals surface area contributed by atoms with Gasteiger partial charge >= 0.3 is 0 Å². The molecule has 0 bridgehead atoms. The molecular formula is C25H31N3O5S. The lowest BCUT2D eigenvalue weighted by Gasteiger charge is -2.32.